The fourth-order valence-electron chi connectivity index (χ4n) is 2.29. The van der Waals surface area contributed by atoms with Crippen LogP contribution in [0.15, 0.2) is 5.16 Å². The van der Waals surface area contributed by atoms with Crippen molar-refractivity contribution in [3.8, 4) is 0 Å². The van der Waals surface area contributed by atoms with Gasteiger partial charge in [0.2, 0.25) is 5.91 Å². The largest absolute Gasteiger partial charge is 0.409 e. The maximum atomic E-state index is 12.1. The van der Waals surface area contributed by atoms with Crippen LogP contribution in [-0.2, 0) is 4.79 Å². The predicted octanol–water partition coefficient (Wildman–Crippen LogP) is -1.40. The summed E-state index contributed by atoms with van der Waals surface area (Å²) < 4.78 is 0. The van der Waals surface area contributed by atoms with Gasteiger partial charge in [-0.3, -0.25) is 4.79 Å². The van der Waals surface area contributed by atoms with Gasteiger partial charge in [-0.15, -0.1) is 0 Å². The molecule has 4 N–H and O–H groups in total. The molecule has 2 atom stereocenters. The number of nitrogens with two attached hydrogens (primary N) is 1. The lowest BCUT2D eigenvalue weighted by Crippen LogP contribution is -2.55. The molecule has 2 aliphatic heterocycles. The maximum absolute atomic E-state index is 12.1. The van der Waals surface area contributed by atoms with Gasteiger partial charge < -0.3 is 26.1 Å². The monoisotopic (exact) mass is 255 g/mol. The molecule has 8 heteroatoms. The fraction of sp³-hybridized carbons (Fsp3) is 0.700. The fourth-order valence-corrected chi connectivity index (χ4v) is 2.29. The van der Waals surface area contributed by atoms with Crippen molar-refractivity contribution < 1.29 is 14.8 Å². The van der Waals surface area contributed by atoms with Crippen LogP contribution in [0.4, 0.5) is 4.79 Å². The molecule has 0 radical (unpaired) electrons. The van der Waals surface area contributed by atoms with Crippen LogP contribution in [0.25, 0.3) is 0 Å². The Kier molecular flexibility index (Phi) is 3.26. The number of nitrogens with one attached hydrogen (secondary N) is 1. The Morgan fingerprint density at radius 2 is 2.33 bits per heavy atom. The second-order valence-electron chi connectivity index (χ2n) is 4.56. The lowest BCUT2D eigenvalue weighted by molar-refractivity contribution is -0.135. The van der Waals surface area contributed by atoms with Gasteiger partial charge in [0.05, 0.1) is 12.0 Å². The van der Waals surface area contributed by atoms with Gasteiger partial charge in [-0.25, -0.2) is 4.79 Å². The first-order chi connectivity index (χ1) is 8.54. The van der Waals surface area contributed by atoms with Crippen molar-refractivity contribution in [2.45, 2.75) is 13.0 Å². The molecule has 0 aromatic rings. The second-order valence-corrected chi connectivity index (χ2v) is 4.56. The number of rotatable bonds is 2. The van der Waals surface area contributed by atoms with Crippen molar-refractivity contribution in [2.75, 3.05) is 26.2 Å². The highest BCUT2D eigenvalue weighted by molar-refractivity contribution is 6.01. The third-order valence-corrected chi connectivity index (χ3v) is 3.47. The molecule has 2 unspecified atom stereocenters. The number of carbonyl (C=O) groups excluding carboxylic acids is 2. The summed E-state index contributed by atoms with van der Waals surface area (Å²) in [6.45, 7) is 3.64. The van der Waals surface area contributed by atoms with E-state index in [1.54, 1.807) is 16.7 Å². The van der Waals surface area contributed by atoms with Gasteiger partial charge in [-0.1, -0.05) is 5.16 Å². The zero-order valence-electron chi connectivity index (χ0n) is 10.2. The number of hydrogen-bond acceptors (Lipinski definition) is 4. The molecule has 2 fully saturated rings. The van der Waals surface area contributed by atoms with Crippen LogP contribution < -0.4 is 11.1 Å². The van der Waals surface area contributed by atoms with Gasteiger partial charge >= 0.3 is 6.03 Å². The highest BCUT2D eigenvalue weighted by atomic mass is 16.4. The number of nitrogens with zero attached hydrogens (tertiary/aromatic N) is 3. The topological polar surface area (TPSA) is 111 Å². The van der Waals surface area contributed by atoms with Gasteiger partial charge in [0, 0.05) is 26.2 Å². The summed E-state index contributed by atoms with van der Waals surface area (Å²) in [5.41, 5.74) is 5.43. The van der Waals surface area contributed by atoms with E-state index in [-0.39, 0.29) is 23.8 Å². The van der Waals surface area contributed by atoms with Crippen molar-refractivity contribution in [3.05, 3.63) is 0 Å². The second kappa shape index (κ2) is 4.71. The molecule has 0 bridgehead atoms. The molecule has 8 nitrogen and oxygen atoms in total. The van der Waals surface area contributed by atoms with Gasteiger partial charge in [0.25, 0.3) is 0 Å². The van der Waals surface area contributed by atoms with E-state index in [4.69, 9.17) is 10.9 Å². The van der Waals surface area contributed by atoms with Crippen LogP contribution in [0, 0.1) is 5.92 Å². The molecule has 2 heterocycles. The third kappa shape index (κ3) is 2.05. The molecular weight excluding hydrogens is 238 g/mol. The Hall–Kier alpha value is -1.99. The summed E-state index contributed by atoms with van der Waals surface area (Å²) in [6.07, 6.45) is 0. The number of oxime groups is 1. The molecule has 2 aliphatic rings. The summed E-state index contributed by atoms with van der Waals surface area (Å²) in [6, 6.07) is -0.0497. The summed E-state index contributed by atoms with van der Waals surface area (Å²) in [4.78, 5) is 26.9. The minimum atomic E-state index is -0.647. The summed E-state index contributed by atoms with van der Waals surface area (Å²) in [5, 5.41) is 14.2. The molecule has 2 rings (SSSR count). The first-order valence-electron chi connectivity index (χ1n) is 5.85. The smallest absolute Gasteiger partial charge is 0.317 e. The first kappa shape index (κ1) is 12.5. The van der Waals surface area contributed by atoms with Crippen molar-refractivity contribution in [1.82, 2.24) is 15.1 Å². The van der Waals surface area contributed by atoms with E-state index < -0.39 is 5.92 Å². The van der Waals surface area contributed by atoms with E-state index in [0.717, 1.165) is 0 Å². The van der Waals surface area contributed by atoms with E-state index >= 15 is 0 Å². The molecule has 18 heavy (non-hydrogen) atoms. The molecule has 0 saturated carbocycles. The molecule has 0 aromatic carbocycles. The van der Waals surface area contributed by atoms with Crippen LogP contribution in [0.3, 0.4) is 0 Å². The highest BCUT2D eigenvalue weighted by Gasteiger charge is 2.38. The maximum Gasteiger partial charge on any atom is 0.317 e. The van der Waals surface area contributed by atoms with E-state index in [1.807, 2.05) is 0 Å². The summed E-state index contributed by atoms with van der Waals surface area (Å²) in [7, 11) is 0. The highest BCUT2D eigenvalue weighted by Crippen LogP contribution is 2.16. The van der Waals surface area contributed by atoms with Crippen molar-refractivity contribution in [2.24, 2.45) is 16.8 Å². The minimum Gasteiger partial charge on any atom is -0.409 e. The number of hydrogen-bond donors (Lipinski definition) is 3. The number of amidine groups is 1. The number of fused-ring (bicyclic) bond motifs is 1. The first-order valence-corrected chi connectivity index (χ1v) is 5.85. The van der Waals surface area contributed by atoms with Gasteiger partial charge in [0.1, 0.15) is 0 Å². The SMILES string of the molecule is CC(C(=O)N1CCN2C(=O)NCC2C1)C(N)=NO. The Balaban J connectivity index is 2.00. The molecule has 100 valence electrons. The van der Waals surface area contributed by atoms with Crippen molar-refractivity contribution in [3.63, 3.8) is 0 Å². The average molecular weight is 255 g/mol. The Bertz CT molecular complexity index is 397. The van der Waals surface area contributed by atoms with Crippen LogP contribution in [0.2, 0.25) is 0 Å². The standard InChI is InChI=1S/C10H17N5O3/c1-6(8(11)13-18)9(16)14-2-3-15-7(5-14)4-12-10(15)17/h6-7,18H,2-5H2,1H3,(H2,11,13)(H,12,17). The molecule has 0 aromatic heterocycles. The summed E-state index contributed by atoms with van der Waals surface area (Å²) in [5.74, 6) is -0.918. The predicted molar refractivity (Wildman–Crippen MR) is 63.0 cm³/mol. The van der Waals surface area contributed by atoms with Gasteiger partial charge in [-0.05, 0) is 6.92 Å². The Morgan fingerprint density at radius 1 is 1.61 bits per heavy atom. The summed E-state index contributed by atoms with van der Waals surface area (Å²) >= 11 is 0. The quantitative estimate of drug-likeness (QED) is 0.244. The number of carbonyl (C=O) groups is 2. The van der Waals surface area contributed by atoms with Crippen LogP contribution >= 0.6 is 0 Å². The average Bonchev–Trinajstić information content (AvgIpc) is 2.77. The van der Waals surface area contributed by atoms with E-state index in [2.05, 4.69) is 10.5 Å². The lowest BCUT2D eigenvalue weighted by atomic mass is 10.1. The van der Waals surface area contributed by atoms with Crippen LogP contribution in [0.5, 0.6) is 0 Å². The van der Waals surface area contributed by atoms with Gasteiger partial charge in [-0.2, -0.15) is 0 Å². The van der Waals surface area contributed by atoms with Crippen LogP contribution in [0.1, 0.15) is 6.92 Å². The Morgan fingerprint density at radius 3 is 3.00 bits per heavy atom. The van der Waals surface area contributed by atoms with Crippen LogP contribution in [-0.4, -0.2) is 65.0 Å². The van der Waals surface area contributed by atoms with Gasteiger partial charge in [0.15, 0.2) is 5.84 Å². The van der Waals surface area contributed by atoms with E-state index in [9.17, 15) is 9.59 Å². The Labute approximate surface area is 104 Å². The molecule has 0 aliphatic carbocycles. The zero-order chi connectivity index (χ0) is 13.3. The number of piperazine rings is 1. The molecule has 2 saturated heterocycles. The third-order valence-electron chi connectivity index (χ3n) is 3.47. The molecular formula is C10H17N5O3. The number of urea groups is 1. The van der Waals surface area contributed by atoms with E-state index in [1.165, 1.54) is 0 Å². The van der Waals surface area contributed by atoms with Crippen molar-refractivity contribution >= 4 is 17.8 Å². The number of amides is 3. The zero-order valence-corrected chi connectivity index (χ0v) is 10.2. The minimum absolute atomic E-state index is 0.0229. The van der Waals surface area contributed by atoms with Crippen molar-refractivity contribution in [1.29, 1.82) is 0 Å². The normalized spacial score (nSPS) is 25.7. The molecule has 3 amide bonds. The molecule has 0 spiro atoms. The van der Waals surface area contributed by atoms with E-state index in [0.29, 0.717) is 26.2 Å². The lowest BCUT2D eigenvalue weighted by Gasteiger charge is -2.37.